The number of hydrogen-bond acceptors (Lipinski definition) is 1. The van der Waals surface area contributed by atoms with E-state index >= 15 is 0 Å². The summed E-state index contributed by atoms with van der Waals surface area (Å²) in [6.45, 7) is 11.9. The number of benzene rings is 1. The summed E-state index contributed by atoms with van der Waals surface area (Å²) in [6, 6.07) is 3.70. The van der Waals surface area contributed by atoms with Gasteiger partial charge in [0.05, 0.1) is 0 Å². The summed E-state index contributed by atoms with van der Waals surface area (Å²) in [4.78, 5) is 0. The molecule has 0 bridgehead atoms. The molecule has 0 amide bonds. The fourth-order valence-electron chi connectivity index (χ4n) is 4.05. The summed E-state index contributed by atoms with van der Waals surface area (Å²) in [5.41, 5.74) is 3.83. The van der Waals surface area contributed by atoms with E-state index in [1.165, 1.54) is 24.8 Å². The lowest BCUT2D eigenvalue weighted by Crippen LogP contribution is -2.34. The number of nitrogens with one attached hydrogen (secondary N) is 1. The Labute approximate surface area is 123 Å². The molecule has 20 heavy (non-hydrogen) atoms. The first-order valence-corrected chi connectivity index (χ1v) is 7.87. The molecule has 0 heterocycles. The molecular weight excluding hydrogens is 249 g/mol. The van der Waals surface area contributed by atoms with Crippen LogP contribution in [0.25, 0.3) is 0 Å². The van der Waals surface area contributed by atoms with Gasteiger partial charge >= 0.3 is 0 Å². The molecule has 2 unspecified atom stereocenters. The van der Waals surface area contributed by atoms with Gasteiger partial charge in [-0.2, -0.15) is 0 Å². The molecule has 1 fully saturated rings. The van der Waals surface area contributed by atoms with Gasteiger partial charge in [-0.3, -0.25) is 0 Å². The van der Waals surface area contributed by atoms with E-state index in [2.05, 4.69) is 26.1 Å². The molecule has 2 rings (SSSR count). The van der Waals surface area contributed by atoms with Crippen molar-refractivity contribution in [3.05, 3.63) is 34.6 Å². The van der Waals surface area contributed by atoms with Crippen LogP contribution in [0.2, 0.25) is 0 Å². The van der Waals surface area contributed by atoms with Crippen LogP contribution in [-0.2, 0) is 0 Å². The van der Waals surface area contributed by atoms with E-state index in [0.29, 0.717) is 17.4 Å². The van der Waals surface area contributed by atoms with E-state index in [1.807, 2.05) is 13.8 Å². The fraction of sp³-hybridized carbons (Fsp3) is 0.667. The van der Waals surface area contributed by atoms with E-state index in [4.69, 9.17) is 0 Å². The summed E-state index contributed by atoms with van der Waals surface area (Å²) in [6.07, 6.45) is 3.86. The Kier molecular flexibility index (Phi) is 4.53. The summed E-state index contributed by atoms with van der Waals surface area (Å²) < 4.78 is 13.6. The van der Waals surface area contributed by atoms with Crippen LogP contribution in [-0.4, -0.2) is 6.54 Å². The first-order valence-electron chi connectivity index (χ1n) is 7.87. The van der Waals surface area contributed by atoms with Crippen molar-refractivity contribution in [1.29, 1.82) is 0 Å². The predicted molar refractivity (Wildman–Crippen MR) is 83.4 cm³/mol. The van der Waals surface area contributed by atoms with Crippen molar-refractivity contribution < 1.29 is 4.39 Å². The zero-order valence-corrected chi connectivity index (χ0v) is 13.5. The maximum absolute atomic E-state index is 13.6. The topological polar surface area (TPSA) is 12.0 Å². The highest BCUT2D eigenvalue weighted by atomic mass is 19.1. The van der Waals surface area contributed by atoms with Crippen LogP contribution in [0, 0.1) is 31.0 Å². The lowest BCUT2D eigenvalue weighted by atomic mass is 9.74. The highest BCUT2D eigenvalue weighted by Gasteiger charge is 2.40. The van der Waals surface area contributed by atoms with Crippen LogP contribution in [0.15, 0.2) is 12.1 Å². The van der Waals surface area contributed by atoms with Gasteiger partial charge in [0.25, 0.3) is 0 Å². The minimum absolute atomic E-state index is 0.121. The van der Waals surface area contributed by atoms with Crippen LogP contribution in [0.5, 0.6) is 0 Å². The standard InChI is InChI=1S/C18H28FN/c1-6-20-17(15-8-7-9-18(15,4)5)16-12(2)10-14(19)11-13(16)3/h10-11,15,17,20H,6-9H2,1-5H3. The predicted octanol–water partition coefficient (Wildman–Crippen LogP) is 4.92. The highest BCUT2D eigenvalue weighted by Crippen LogP contribution is 2.49. The molecule has 2 atom stereocenters. The SMILES string of the molecule is CCNC(c1c(C)cc(F)cc1C)C1CCCC1(C)C. The van der Waals surface area contributed by atoms with Crippen LogP contribution in [0.4, 0.5) is 4.39 Å². The molecule has 0 radical (unpaired) electrons. The van der Waals surface area contributed by atoms with Gasteiger partial charge < -0.3 is 5.32 Å². The third-order valence-electron chi connectivity index (χ3n) is 5.04. The molecule has 1 saturated carbocycles. The molecule has 2 heteroatoms. The number of halogens is 1. The fourth-order valence-corrected chi connectivity index (χ4v) is 4.05. The van der Waals surface area contributed by atoms with Gasteiger partial charge in [0.1, 0.15) is 5.82 Å². The zero-order valence-electron chi connectivity index (χ0n) is 13.5. The molecular formula is C18H28FN. The third kappa shape index (κ3) is 2.90. The van der Waals surface area contributed by atoms with Crippen molar-refractivity contribution in [2.45, 2.75) is 59.9 Å². The van der Waals surface area contributed by atoms with Crippen molar-refractivity contribution in [2.75, 3.05) is 6.54 Å². The smallest absolute Gasteiger partial charge is 0.123 e. The molecule has 1 aliphatic carbocycles. The van der Waals surface area contributed by atoms with Gasteiger partial charge in [0.2, 0.25) is 0 Å². The highest BCUT2D eigenvalue weighted by molar-refractivity contribution is 5.37. The van der Waals surface area contributed by atoms with Gasteiger partial charge in [0, 0.05) is 6.04 Å². The molecule has 1 aromatic rings. The Morgan fingerprint density at radius 2 is 1.90 bits per heavy atom. The Morgan fingerprint density at radius 1 is 1.30 bits per heavy atom. The van der Waals surface area contributed by atoms with Gasteiger partial charge in [-0.1, -0.05) is 27.2 Å². The monoisotopic (exact) mass is 277 g/mol. The maximum Gasteiger partial charge on any atom is 0.123 e. The summed E-state index contributed by atoms with van der Waals surface area (Å²) >= 11 is 0. The Hall–Kier alpha value is -0.890. The quantitative estimate of drug-likeness (QED) is 0.823. The zero-order chi connectivity index (χ0) is 14.9. The summed E-state index contributed by atoms with van der Waals surface area (Å²) in [5.74, 6) is 0.509. The number of hydrogen-bond donors (Lipinski definition) is 1. The van der Waals surface area contributed by atoms with Gasteiger partial charge in [-0.05, 0) is 73.4 Å². The van der Waals surface area contributed by atoms with E-state index in [-0.39, 0.29) is 5.82 Å². The van der Waals surface area contributed by atoms with Gasteiger partial charge in [0.15, 0.2) is 0 Å². The van der Waals surface area contributed by atoms with E-state index < -0.39 is 0 Å². The summed E-state index contributed by atoms with van der Waals surface area (Å²) in [5, 5.41) is 3.68. The average molecular weight is 277 g/mol. The first kappa shape index (κ1) is 15.5. The van der Waals surface area contributed by atoms with Crippen molar-refractivity contribution in [2.24, 2.45) is 11.3 Å². The van der Waals surface area contributed by atoms with Crippen molar-refractivity contribution in [1.82, 2.24) is 5.32 Å². The second-order valence-corrected chi connectivity index (χ2v) is 6.98. The van der Waals surface area contributed by atoms with E-state index in [9.17, 15) is 4.39 Å². The Bertz CT molecular complexity index is 455. The molecule has 0 saturated heterocycles. The lowest BCUT2D eigenvalue weighted by Gasteiger charge is -2.36. The molecule has 1 aliphatic rings. The minimum atomic E-state index is -0.121. The van der Waals surface area contributed by atoms with E-state index in [0.717, 1.165) is 17.7 Å². The normalized spacial score (nSPS) is 23.0. The molecule has 1 N–H and O–H groups in total. The first-order chi connectivity index (χ1) is 9.36. The molecule has 0 aromatic heterocycles. The third-order valence-corrected chi connectivity index (χ3v) is 5.04. The molecule has 0 spiro atoms. The van der Waals surface area contributed by atoms with E-state index in [1.54, 1.807) is 12.1 Å². The van der Waals surface area contributed by atoms with Crippen molar-refractivity contribution in [3.8, 4) is 0 Å². The minimum Gasteiger partial charge on any atom is -0.310 e. The average Bonchev–Trinajstić information content (AvgIpc) is 2.66. The molecule has 1 nitrogen and oxygen atoms in total. The molecule has 112 valence electrons. The Morgan fingerprint density at radius 3 is 2.35 bits per heavy atom. The second-order valence-electron chi connectivity index (χ2n) is 6.98. The van der Waals surface area contributed by atoms with Crippen LogP contribution in [0.3, 0.4) is 0 Å². The van der Waals surface area contributed by atoms with Gasteiger partial charge in [-0.25, -0.2) is 4.39 Å². The summed E-state index contributed by atoms with van der Waals surface area (Å²) in [7, 11) is 0. The molecule has 0 aliphatic heterocycles. The number of aryl methyl sites for hydroxylation is 2. The van der Waals surface area contributed by atoms with Crippen molar-refractivity contribution >= 4 is 0 Å². The number of rotatable bonds is 4. The maximum atomic E-state index is 13.6. The van der Waals surface area contributed by atoms with Crippen molar-refractivity contribution in [3.63, 3.8) is 0 Å². The van der Waals surface area contributed by atoms with Gasteiger partial charge in [-0.15, -0.1) is 0 Å². The lowest BCUT2D eigenvalue weighted by molar-refractivity contribution is 0.198. The van der Waals surface area contributed by atoms with Crippen LogP contribution >= 0.6 is 0 Å². The molecule has 1 aromatic carbocycles. The van der Waals surface area contributed by atoms with Crippen LogP contribution in [0.1, 0.15) is 62.8 Å². The van der Waals surface area contributed by atoms with Crippen LogP contribution < -0.4 is 5.32 Å². The second kappa shape index (κ2) is 5.85. The Balaban J connectivity index is 2.44. The largest absolute Gasteiger partial charge is 0.310 e.